The predicted molar refractivity (Wildman–Crippen MR) is 84.2 cm³/mol. The Kier molecular flexibility index (Phi) is 5.87. The molecule has 0 aliphatic heterocycles. The molecule has 0 saturated carbocycles. The first kappa shape index (κ1) is 17.9. The molecule has 1 aromatic carbocycles. The number of hydrogen-bond donors (Lipinski definition) is 0. The van der Waals surface area contributed by atoms with Crippen molar-refractivity contribution in [1.29, 1.82) is 0 Å². The van der Waals surface area contributed by atoms with Crippen molar-refractivity contribution in [3.05, 3.63) is 34.9 Å². The van der Waals surface area contributed by atoms with Crippen LogP contribution in [0.25, 0.3) is 0 Å². The molecule has 0 bridgehead atoms. The van der Waals surface area contributed by atoms with Gasteiger partial charge in [0.25, 0.3) is 0 Å². The lowest BCUT2D eigenvalue weighted by Crippen LogP contribution is -2.11. The van der Waals surface area contributed by atoms with Crippen molar-refractivity contribution in [2.45, 2.75) is 11.4 Å². The van der Waals surface area contributed by atoms with Gasteiger partial charge in [-0.05, 0) is 18.2 Å². The van der Waals surface area contributed by atoms with Gasteiger partial charge in [-0.3, -0.25) is 0 Å². The highest BCUT2D eigenvalue weighted by atomic mass is 35.6. The first-order chi connectivity index (χ1) is 7.82. The molecule has 0 aliphatic rings. The molecule has 0 aliphatic carbocycles. The van der Waals surface area contributed by atoms with E-state index in [0.717, 1.165) is 0 Å². The second-order valence-electron chi connectivity index (χ2n) is 3.29. The largest absolute Gasteiger partial charge is 0.216 e. The number of halogens is 9. The molecule has 0 amide bonds. The maximum Gasteiger partial charge on any atom is 0.216 e. The van der Waals surface area contributed by atoms with Gasteiger partial charge in [-0.15, -0.1) is 0 Å². The molecule has 0 saturated heterocycles. The van der Waals surface area contributed by atoms with E-state index in [1.165, 1.54) is 18.2 Å². The standard InChI is InChI=1S/C9H3Cl9/c10-7(11,12)4-1-5(8(13,14)15)3-6(2-4)9(16,17)18/h1-3H. The van der Waals surface area contributed by atoms with Crippen LogP contribution in [0, 0.1) is 0 Å². The summed E-state index contributed by atoms with van der Waals surface area (Å²) in [4.78, 5) is 0. The van der Waals surface area contributed by atoms with Gasteiger partial charge in [-0.25, -0.2) is 0 Å². The predicted octanol–water partition coefficient (Wildman–Crippen LogP) is 7.17. The maximum absolute atomic E-state index is 5.78. The van der Waals surface area contributed by atoms with E-state index in [4.69, 9.17) is 104 Å². The third kappa shape index (κ3) is 4.98. The van der Waals surface area contributed by atoms with Gasteiger partial charge in [0.2, 0.25) is 11.4 Å². The number of hydrogen-bond acceptors (Lipinski definition) is 0. The minimum Gasteiger partial charge on any atom is -0.0784 e. The Bertz CT molecular complexity index is 356. The monoisotopic (exact) mass is 426 g/mol. The molecule has 0 radical (unpaired) electrons. The van der Waals surface area contributed by atoms with Crippen molar-refractivity contribution in [2.75, 3.05) is 0 Å². The topological polar surface area (TPSA) is 0 Å². The number of alkyl halides is 9. The Balaban J connectivity index is 3.49. The Morgan fingerprint density at radius 2 is 0.611 bits per heavy atom. The Morgan fingerprint density at radius 1 is 0.444 bits per heavy atom. The van der Waals surface area contributed by atoms with Crippen LogP contribution in [0.1, 0.15) is 16.7 Å². The third-order valence-electron chi connectivity index (χ3n) is 1.91. The molecule has 18 heavy (non-hydrogen) atoms. The second-order valence-corrected chi connectivity index (χ2v) is 10.1. The normalized spacial score (nSPS) is 13.8. The van der Waals surface area contributed by atoms with Crippen LogP contribution in [0.2, 0.25) is 0 Å². The first-order valence-corrected chi connectivity index (χ1v) is 7.58. The molecule has 0 atom stereocenters. The van der Waals surface area contributed by atoms with E-state index < -0.39 is 11.4 Å². The molecule has 102 valence electrons. The summed E-state index contributed by atoms with van der Waals surface area (Å²) in [6.07, 6.45) is 0. The van der Waals surface area contributed by atoms with E-state index in [9.17, 15) is 0 Å². The van der Waals surface area contributed by atoms with Crippen LogP contribution in [-0.4, -0.2) is 0 Å². The maximum atomic E-state index is 5.78. The van der Waals surface area contributed by atoms with E-state index in [1.807, 2.05) is 0 Å². The molecular weight excluding hydrogens is 427 g/mol. The number of rotatable bonds is 0. The van der Waals surface area contributed by atoms with Crippen LogP contribution < -0.4 is 0 Å². The van der Waals surface area contributed by atoms with Crippen LogP contribution in [0.15, 0.2) is 18.2 Å². The molecule has 0 spiro atoms. The molecule has 0 N–H and O–H groups in total. The summed E-state index contributed by atoms with van der Waals surface area (Å²) in [6, 6.07) is 4.25. The lowest BCUT2D eigenvalue weighted by atomic mass is 10.1. The fraction of sp³-hybridized carbons (Fsp3) is 0.333. The molecule has 0 heterocycles. The Hall–Kier alpha value is 1.83. The Morgan fingerprint density at radius 3 is 0.722 bits per heavy atom. The van der Waals surface area contributed by atoms with Crippen LogP contribution in [0.3, 0.4) is 0 Å². The number of benzene rings is 1. The zero-order chi connectivity index (χ0) is 14.4. The van der Waals surface area contributed by atoms with Gasteiger partial charge in [0.05, 0.1) is 0 Å². The third-order valence-corrected chi connectivity index (χ3v) is 3.88. The minimum absolute atomic E-state index is 0.234. The molecule has 0 nitrogen and oxygen atoms in total. The van der Waals surface area contributed by atoms with Crippen molar-refractivity contribution >= 4 is 104 Å². The highest BCUT2D eigenvalue weighted by Crippen LogP contribution is 2.47. The molecule has 0 aromatic heterocycles. The zero-order valence-corrected chi connectivity index (χ0v) is 14.9. The average Bonchev–Trinajstić information content (AvgIpc) is 2.13. The van der Waals surface area contributed by atoms with Gasteiger partial charge in [0.1, 0.15) is 0 Å². The molecule has 1 rings (SSSR count). The summed E-state index contributed by atoms with van der Waals surface area (Å²) >= 11 is 52.0. The fourth-order valence-corrected chi connectivity index (χ4v) is 2.10. The van der Waals surface area contributed by atoms with E-state index in [2.05, 4.69) is 0 Å². The molecule has 0 unspecified atom stereocenters. The zero-order valence-electron chi connectivity index (χ0n) is 8.13. The Labute approximate surface area is 149 Å². The summed E-state index contributed by atoms with van der Waals surface area (Å²) in [5.41, 5.74) is 0.702. The van der Waals surface area contributed by atoms with Crippen LogP contribution in [0.5, 0.6) is 0 Å². The first-order valence-electron chi connectivity index (χ1n) is 4.18. The fourth-order valence-electron chi connectivity index (χ4n) is 1.12. The summed E-state index contributed by atoms with van der Waals surface area (Å²) in [5, 5.41) is 0. The van der Waals surface area contributed by atoms with Gasteiger partial charge >= 0.3 is 0 Å². The lowest BCUT2D eigenvalue weighted by Gasteiger charge is -2.21. The van der Waals surface area contributed by atoms with E-state index in [1.54, 1.807) is 0 Å². The highest BCUT2D eigenvalue weighted by molar-refractivity contribution is 6.68. The molecule has 0 fully saturated rings. The van der Waals surface area contributed by atoms with Crippen molar-refractivity contribution in [3.8, 4) is 0 Å². The average molecular weight is 430 g/mol. The van der Waals surface area contributed by atoms with E-state index >= 15 is 0 Å². The van der Waals surface area contributed by atoms with Gasteiger partial charge in [-0.1, -0.05) is 104 Å². The molecule has 9 heteroatoms. The molecule has 1 aromatic rings. The van der Waals surface area contributed by atoms with E-state index in [0.29, 0.717) is 0 Å². The van der Waals surface area contributed by atoms with Gasteiger partial charge in [-0.2, -0.15) is 0 Å². The highest BCUT2D eigenvalue weighted by Gasteiger charge is 2.33. The summed E-state index contributed by atoms with van der Waals surface area (Å²) in [5.74, 6) is 0. The van der Waals surface area contributed by atoms with Crippen molar-refractivity contribution in [3.63, 3.8) is 0 Å². The van der Waals surface area contributed by atoms with Gasteiger partial charge in [0.15, 0.2) is 0 Å². The minimum atomic E-state index is -1.73. The smallest absolute Gasteiger partial charge is 0.0784 e. The van der Waals surface area contributed by atoms with Crippen molar-refractivity contribution in [2.24, 2.45) is 0 Å². The second kappa shape index (κ2) is 5.91. The van der Waals surface area contributed by atoms with Gasteiger partial charge in [0, 0.05) is 16.7 Å². The van der Waals surface area contributed by atoms with E-state index in [-0.39, 0.29) is 16.7 Å². The lowest BCUT2D eigenvalue weighted by molar-refractivity contribution is 1.11. The van der Waals surface area contributed by atoms with Crippen LogP contribution in [-0.2, 0) is 11.4 Å². The van der Waals surface area contributed by atoms with Crippen LogP contribution >= 0.6 is 104 Å². The summed E-state index contributed by atoms with van der Waals surface area (Å²) in [6.45, 7) is 0. The SMILES string of the molecule is ClC(Cl)(Cl)c1cc(C(Cl)(Cl)Cl)cc(C(Cl)(Cl)Cl)c1. The van der Waals surface area contributed by atoms with Crippen molar-refractivity contribution < 1.29 is 0 Å². The quantitative estimate of drug-likeness (QED) is 0.383. The summed E-state index contributed by atoms with van der Waals surface area (Å²) in [7, 11) is 0. The summed E-state index contributed by atoms with van der Waals surface area (Å²) < 4.78 is -5.18. The van der Waals surface area contributed by atoms with Gasteiger partial charge < -0.3 is 0 Å². The van der Waals surface area contributed by atoms with Crippen LogP contribution in [0.4, 0.5) is 0 Å². The molecular formula is C9H3Cl9. The van der Waals surface area contributed by atoms with Crippen molar-refractivity contribution in [1.82, 2.24) is 0 Å².